The van der Waals surface area contributed by atoms with E-state index in [1.807, 2.05) is 18.2 Å². The molecule has 0 aromatic carbocycles. The van der Waals surface area contributed by atoms with E-state index in [2.05, 4.69) is 4.98 Å². The summed E-state index contributed by atoms with van der Waals surface area (Å²) < 4.78 is 37.6. The molecule has 1 aromatic rings. The van der Waals surface area contributed by atoms with Gasteiger partial charge in [0.05, 0.1) is 31.1 Å². The van der Waals surface area contributed by atoms with Crippen LogP contribution in [0.5, 0.6) is 5.88 Å². The summed E-state index contributed by atoms with van der Waals surface area (Å²) in [7, 11) is -3.17. The van der Waals surface area contributed by atoms with Crippen LogP contribution < -0.4 is 4.74 Å². The SMILES string of the molecule is CCS(=O)(=O)N1CCO[C@@H]2C[C@@H](COc3ccccn3)C[C@H]21. The van der Waals surface area contributed by atoms with Crippen molar-refractivity contribution in [1.82, 2.24) is 9.29 Å². The van der Waals surface area contributed by atoms with Gasteiger partial charge in [-0.15, -0.1) is 0 Å². The van der Waals surface area contributed by atoms with Crippen LogP contribution in [0.2, 0.25) is 0 Å². The fourth-order valence-corrected chi connectivity index (χ4v) is 4.62. The van der Waals surface area contributed by atoms with E-state index in [4.69, 9.17) is 9.47 Å². The van der Waals surface area contributed by atoms with E-state index in [9.17, 15) is 8.42 Å². The predicted octanol–water partition coefficient (Wildman–Crippen LogP) is 1.29. The van der Waals surface area contributed by atoms with Gasteiger partial charge < -0.3 is 9.47 Å². The lowest BCUT2D eigenvalue weighted by Gasteiger charge is -2.36. The zero-order valence-electron chi connectivity index (χ0n) is 12.7. The van der Waals surface area contributed by atoms with Gasteiger partial charge in [-0.3, -0.25) is 0 Å². The number of nitrogens with zero attached hydrogens (tertiary/aromatic N) is 2. The lowest BCUT2D eigenvalue weighted by Crippen LogP contribution is -2.51. The first-order valence-corrected chi connectivity index (χ1v) is 9.36. The number of pyridine rings is 1. The Morgan fingerprint density at radius 3 is 3.00 bits per heavy atom. The largest absolute Gasteiger partial charge is 0.477 e. The lowest BCUT2D eigenvalue weighted by atomic mass is 10.1. The molecule has 1 aromatic heterocycles. The maximum atomic E-state index is 12.2. The van der Waals surface area contributed by atoms with E-state index < -0.39 is 10.0 Å². The van der Waals surface area contributed by atoms with Gasteiger partial charge >= 0.3 is 0 Å². The Labute approximate surface area is 131 Å². The molecule has 2 heterocycles. The Balaban J connectivity index is 1.62. The molecule has 122 valence electrons. The summed E-state index contributed by atoms with van der Waals surface area (Å²) in [6.45, 7) is 3.18. The van der Waals surface area contributed by atoms with Crippen LogP contribution in [-0.4, -0.2) is 55.4 Å². The van der Waals surface area contributed by atoms with Crippen LogP contribution in [0.4, 0.5) is 0 Å². The number of morpholine rings is 1. The molecule has 0 amide bonds. The van der Waals surface area contributed by atoms with Crippen LogP contribution in [0, 0.1) is 5.92 Å². The summed E-state index contributed by atoms with van der Waals surface area (Å²) in [5, 5.41) is 0. The molecule has 0 spiro atoms. The molecule has 3 atom stereocenters. The minimum Gasteiger partial charge on any atom is -0.477 e. The molecule has 1 saturated heterocycles. The summed E-state index contributed by atoms with van der Waals surface area (Å²) >= 11 is 0. The van der Waals surface area contributed by atoms with Gasteiger partial charge in [0, 0.05) is 18.8 Å². The van der Waals surface area contributed by atoms with E-state index in [0.29, 0.717) is 31.6 Å². The second-order valence-electron chi connectivity index (χ2n) is 5.80. The van der Waals surface area contributed by atoms with Crippen molar-refractivity contribution in [3.63, 3.8) is 0 Å². The summed E-state index contributed by atoms with van der Waals surface area (Å²) in [6, 6.07) is 5.51. The highest BCUT2D eigenvalue weighted by Crippen LogP contribution is 2.35. The van der Waals surface area contributed by atoms with Crippen molar-refractivity contribution in [3.8, 4) is 5.88 Å². The number of ether oxygens (including phenoxy) is 2. The van der Waals surface area contributed by atoms with Gasteiger partial charge in [-0.1, -0.05) is 6.07 Å². The summed E-state index contributed by atoms with van der Waals surface area (Å²) in [4.78, 5) is 4.14. The second-order valence-corrected chi connectivity index (χ2v) is 8.01. The van der Waals surface area contributed by atoms with Gasteiger partial charge in [-0.25, -0.2) is 13.4 Å². The molecule has 2 fully saturated rings. The molecular formula is C15H22N2O4S. The van der Waals surface area contributed by atoms with E-state index in [1.165, 1.54) is 0 Å². The molecule has 1 aliphatic carbocycles. The maximum Gasteiger partial charge on any atom is 0.214 e. The van der Waals surface area contributed by atoms with Gasteiger partial charge in [0.2, 0.25) is 15.9 Å². The Kier molecular flexibility index (Phi) is 4.65. The van der Waals surface area contributed by atoms with Crippen molar-refractivity contribution < 1.29 is 17.9 Å². The average Bonchev–Trinajstić information content (AvgIpc) is 2.96. The first-order valence-electron chi connectivity index (χ1n) is 7.75. The standard InChI is InChI=1S/C15H22N2O4S/c1-2-22(18,19)17-7-8-20-14-10-12(9-13(14)17)11-21-15-5-3-4-6-16-15/h3-6,12-14H,2,7-11H2,1H3/t12-,13+,14+/m0/s1. The highest BCUT2D eigenvalue weighted by Gasteiger charge is 2.45. The third kappa shape index (κ3) is 3.26. The molecule has 0 radical (unpaired) electrons. The fourth-order valence-electron chi connectivity index (χ4n) is 3.30. The van der Waals surface area contributed by atoms with Gasteiger partial charge in [-0.05, 0) is 31.7 Å². The van der Waals surface area contributed by atoms with E-state index in [1.54, 1.807) is 17.4 Å². The molecule has 3 rings (SSSR count). The number of hydrogen-bond donors (Lipinski definition) is 0. The second kappa shape index (κ2) is 6.52. The summed E-state index contributed by atoms with van der Waals surface area (Å²) in [5.41, 5.74) is 0. The Morgan fingerprint density at radius 1 is 1.41 bits per heavy atom. The minimum atomic E-state index is -3.17. The molecule has 22 heavy (non-hydrogen) atoms. The molecule has 7 heteroatoms. The molecular weight excluding hydrogens is 304 g/mol. The Morgan fingerprint density at radius 2 is 2.27 bits per heavy atom. The topological polar surface area (TPSA) is 68.7 Å². The predicted molar refractivity (Wildman–Crippen MR) is 82.2 cm³/mol. The van der Waals surface area contributed by atoms with Crippen LogP contribution in [0.3, 0.4) is 0 Å². The number of rotatable bonds is 5. The molecule has 0 N–H and O–H groups in total. The monoisotopic (exact) mass is 326 g/mol. The number of sulfonamides is 1. The molecule has 1 aliphatic heterocycles. The Hall–Kier alpha value is -1.18. The van der Waals surface area contributed by atoms with Crippen molar-refractivity contribution in [2.24, 2.45) is 5.92 Å². The van der Waals surface area contributed by atoms with Crippen LogP contribution in [0.1, 0.15) is 19.8 Å². The van der Waals surface area contributed by atoms with Crippen LogP contribution >= 0.6 is 0 Å². The van der Waals surface area contributed by atoms with Gasteiger partial charge in [0.15, 0.2) is 0 Å². The molecule has 1 saturated carbocycles. The third-order valence-corrected chi connectivity index (χ3v) is 6.31. The average molecular weight is 326 g/mol. The van der Waals surface area contributed by atoms with E-state index in [0.717, 1.165) is 12.8 Å². The fraction of sp³-hybridized carbons (Fsp3) is 0.667. The molecule has 0 bridgehead atoms. The first-order chi connectivity index (χ1) is 10.6. The zero-order valence-corrected chi connectivity index (χ0v) is 13.5. The molecule has 0 unspecified atom stereocenters. The van der Waals surface area contributed by atoms with Crippen LogP contribution in [0.15, 0.2) is 24.4 Å². The van der Waals surface area contributed by atoms with Crippen molar-refractivity contribution in [3.05, 3.63) is 24.4 Å². The summed E-state index contributed by atoms with van der Waals surface area (Å²) in [6.07, 6.45) is 3.32. The van der Waals surface area contributed by atoms with Gasteiger partial charge in [0.1, 0.15) is 0 Å². The van der Waals surface area contributed by atoms with Gasteiger partial charge in [-0.2, -0.15) is 4.31 Å². The normalized spacial score (nSPS) is 29.2. The smallest absolute Gasteiger partial charge is 0.214 e. The first kappa shape index (κ1) is 15.7. The van der Waals surface area contributed by atoms with Crippen LogP contribution in [0.25, 0.3) is 0 Å². The minimum absolute atomic E-state index is 0.00703. The maximum absolute atomic E-state index is 12.2. The zero-order chi connectivity index (χ0) is 15.6. The third-order valence-electron chi connectivity index (χ3n) is 4.41. The van der Waals surface area contributed by atoms with Crippen molar-refractivity contribution in [1.29, 1.82) is 0 Å². The highest BCUT2D eigenvalue weighted by molar-refractivity contribution is 7.89. The van der Waals surface area contributed by atoms with Crippen LogP contribution in [-0.2, 0) is 14.8 Å². The van der Waals surface area contributed by atoms with Crippen molar-refractivity contribution >= 4 is 10.0 Å². The van der Waals surface area contributed by atoms with Gasteiger partial charge in [0.25, 0.3) is 0 Å². The Bertz CT molecular complexity index is 593. The quantitative estimate of drug-likeness (QED) is 0.815. The lowest BCUT2D eigenvalue weighted by molar-refractivity contribution is -0.0248. The van der Waals surface area contributed by atoms with Crippen molar-refractivity contribution in [2.75, 3.05) is 25.5 Å². The number of fused-ring (bicyclic) bond motifs is 1. The van der Waals surface area contributed by atoms with Crippen molar-refractivity contribution in [2.45, 2.75) is 31.9 Å². The molecule has 6 nitrogen and oxygen atoms in total. The highest BCUT2D eigenvalue weighted by atomic mass is 32.2. The number of aromatic nitrogens is 1. The molecule has 2 aliphatic rings. The number of hydrogen-bond acceptors (Lipinski definition) is 5. The van der Waals surface area contributed by atoms with E-state index in [-0.39, 0.29) is 17.9 Å². The summed E-state index contributed by atoms with van der Waals surface area (Å²) in [5.74, 6) is 1.05. The van der Waals surface area contributed by atoms with E-state index >= 15 is 0 Å².